The van der Waals surface area contributed by atoms with Crippen LogP contribution in [0.4, 0.5) is 5.69 Å². The molecule has 0 aliphatic rings. The van der Waals surface area contributed by atoms with Gasteiger partial charge in [0, 0.05) is 38.2 Å². The maximum absolute atomic E-state index is 11.0. The molecule has 0 spiro atoms. The fraction of sp³-hybridized carbons (Fsp3) is 0. The van der Waals surface area contributed by atoms with Gasteiger partial charge >= 0.3 is 0 Å². The average molecular weight is 280 g/mol. The third-order valence-electron chi connectivity index (χ3n) is 3.22. The summed E-state index contributed by atoms with van der Waals surface area (Å²) >= 11 is 1.63. The van der Waals surface area contributed by atoms with E-state index < -0.39 is 0 Å². The minimum atomic E-state index is 0.533. The number of nitrogen functional groups attached to an aromatic ring is 1. The van der Waals surface area contributed by atoms with Gasteiger partial charge in [-0.2, -0.15) is 0 Å². The Morgan fingerprint density at radius 2 is 1.95 bits per heavy atom. The van der Waals surface area contributed by atoms with Crippen LogP contribution in [-0.2, 0) is 0 Å². The molecule has 0 unspecified atom stereocenters. The molecule has 3 aromatic rings. The van der Waals surface area contributed by atoms with Gasteiger partial charge < -0.3 is 11.1 Å². The smallest absolute Gasteiger partial charge is 0.150 e. The second kappa shape index (κ2) is 4.90. The lowest BCUT2D eigenvalue weighted by molar-refractivity contribution is 0.112. The molecule has 98 valence electrons. The van der Waals surface area contributed by atoms with Crippen molar-refractivity contribution < 1.29 is 4.79 Å². The van der Waals surface area contributed by atoms with Gasteiger partial charge in [0.15, 0.2) is 0 Å². The van der Waals surface area contributed by atoms with E-state index >= 15 is 0 Å². The Labute approximate surface area is 120 Å². The Hall–Kier alpha value is -2.46. The number of fused-ring (bicyclic) bond motifs is 1. The van der Waals surface area contributed by atoms with Crippen LogP contribution in [-0.4, -0.2) is 12.5 Å². The minimum absolute atomic E-state index is 0.533. The van der Waals surface area contributed by atoms with Crippen LogP contribution >= 0.6 is 11.3 Å². The second-order valence-corrected chi connectivity index (χ2v) is 5.57. The van der Waals surface area contributed by atoms with Gasteiger partial charge in [0.25, 0.3) is 0 Å². The molecule has 1 heterocycles. The summed E-state index contributed by atoms with van der Waals surface area (Å²) in [5, 5.41) is 8.56. The molecule has 0 atom stereocenters. The van der Waals surface area contributed by atoms with Gasteiger partial charge in [0.2, 0.25) is 0 Å². The topological polar surface area (TPSA) is 66.9 Å². The summed E-state index contributed by atoms with van der Waals surface area (Å²) in [6, 6.07) is 13.6. The molecule has 3 rings (SSSR count). The predicted molar refractivity (Wildman–Crippen MR) is 84.9 cm³/mol. The number of benzene rings is 2. The van der Waals surface area contributed by atoms with Crippen molar-refractivity contribution in [3.8, 4) is 10.4 Å². The lowest BCUT2D eigenvalue weighted by Gasteiger charge is -2.07. The van der Waals surface area contributed by atoms with Crippen molar-refractivity contribution in [2.24, 2.45) is 0 Å². The number of anilines is 1. The first-order chi connectivity index (χ1) is 9.72. The number of carbonyl (C=O) groups excluding carboxylic acids is 1. The molecule has 0 radical (unpaired) electrons. The Bertz CT molecular complexity index is 787. The van der Waals surface area contributed by atoms with Crippen LogP contribution in [0.5, 0.6) is 0 Å². The zero-order valence-electron chi connectivity index (χ0n) is 10.6. The minimum Gasteiger partial charge on any atom is -0.398 e. The molecule has 0 bridgehead atoms. The van der Waals surface area contributed by atoms with Crippen LogP contribution in [0.3, 0.4) is 0 Å². The van der Waals surface area contributed by atoms with Gasteiger partial charge in [-0.1, -0.05) is 18.2 Å². The van der Waals surface area contributed by atoms with Crippen molar-refractivity contribution in [1.82, 2.24) is 0 Å². The summed E-state index contributed by atoms with van der Waals surface area (Å²) < 4.78 is 1.18. The molecular formula is C16H12N2OS. The van der Waals surface area contributed by atoms with Gasteiger partial charge in [-0.05, 0) is 29.7 Å². The van der Waals surface area contributed by atoms with E-state index in [1.54, 1.807) is 23.5 Å². The zero-order valence-corrected chi connectivity index (χ0v) is 11.4. The van der Waals surface area contributed by atoms with E-state index in [0.717, 1.165) is 22.1 Å². The fourth-order valence-corrected chi connectivity index (χ4v) is 3.30. The number of nitrogens with two attached hydrogens (primary N) is 1. The molecule has 1 aromatic heterocycles. The highest BCUT2D eigenvalue weighted by Crippen LogP contribution is 2.37. The van der Waals surface area contributed by atoms with Crippen molar-refractivity contribution in [2.75, 3.05) is 5.73 Å². The fourth-order valence-electron chi connectivity index (χ4n) is 2.20. The van der Waals surface area contributed by atoms with E-state index in [-0.39, 0.29) is 0 Å². The molecule has 0 aliphatic heterocycles. The molecule has 3 N–H and O–H groups in total. The van der Waals surface area contributed by atoms with Crippen molar-refractivity contribution in [3.05, 3.63) is 53.6 Å². The highest BCUT2D eigenvalue weighted by Gasteiger charge is 2.11. The molecule has 3 nitrogen and oxygen atoms in total. The molecule has 0 fully saturated rings. The maximum Gasteiger partial charge on any atom is 0.150 e. The van der Waals surface area contributed by atoms with Gasteiger partial charge in [-0.15, -0.1) is 11.3 Å². The van der Waals surface area contributed by atoms with Crippen molar-refractivity contribution in [2.45, 2.75) is 0 Å². The molecule has 0 aliphatic carbocycles. The number of hydrogen-bond donors (Lipinski definition) is 2. The molecule has 0 amide bonds. The lowest BCUT2D eigenvalue weighted by Crippen LogP contribution is -1.98. The van der Waals surface area contributed by atoms with E-state index in [1.165, 1.54) is 10.9 Å². The van der Waals surface area contributed by atoms with Gasteiger partial charge in [-0.25, -0.2) is 0 Å². The summed E-state index contributed by atoms with van der Waals surface area (Å²) in [5.74, 6) is 0. The van der Waals surface area contributed by atoms with Crippen molar-refractivity contribution in [1.29, 1.82) is 5.41 Å². The summed E-state index contributed by atoms with van der Waals surface area (Å²) in [4.78, 5) is 12.0. The van der Waals surface area contributed by atoms with E-state index in [4.69, 9.17) is 11.1 Å². The van der Waals surface area contributed by atoms with Crippen LogP contribution in [0.15, 0.2) is 42.5 Å². The van der Waals surface area contributed by atoms with Crippen LogP contribution in [0.25, 0.3) is 20.5 Å². The van der Waals surface area contributed by atoms with Gasteiger partial charge in [-0.3, -0.25) is 4.79 Å². The third-order valence-corrected chi connectivity index (χ3v) is 4.37. The molecule has 2 aromatic carbocycles. The summed E-state index contributed by atoms with van der Waals surface area (Å²) in [6.07, 6.45) is 1.96. The summed E-state index contributed by atoms with van der Waals surface area (Å²) in [7, 11) is 0. The van der Waals surface area contributed by atoms with Crippen LogP contribution < -0.4 is 5.73 Å². The Morgan fingerprint density at radius 1 is 1.15 bits per heavy atom. The van der Waals surface area contributed by atoms with Crippen LogP contribution in [0.1, 0.15) is 15.9 Å². The number of hydrogen-bond acceptors (Lipinski definition) is 4. The number of rotatable bonds is 3. The van der Waals surface area contributed by atoms with E-state index in [2.05, 4.69) is 12.1 Å². The van der Waals surface area contributed by atoms with E-state index in [9.17, 15) is 4.79 Å². The van der Waals surface area contributed by atoms with Crippen LogP contribution in [0, 0.1) is 5.41 Å². The third kappa shape index (κ3) is 2.00. The Kier molecular flexibility index (Phi) is 3.08. The number of aldehydes is 1. The standard InChI is InChI=1S/C16H12N2OS/c17-8-12-5-10(9-19)6-13(16(12)18)15-7-11-3-1-2-4-14(11)20-15/h1-9,17H,18H2. The molecule has 0 saturated heterocycles. The number of nitrogens with one attached hydrogen (secondary N) is 1. The molecule has 0 saturated carbocycles. The number of thiophene rings is 1. The summed E-state index contributed by atoms with van der Waals surface area (Å²) in [6.45, 7) is 0. The molecular weight excluding hydrogens is 268 g/mol. The number of carbonyl (C=O) groups is 1. The van der Waals surface area contributed by atoms with Gasteiger partial charge in [0.05, 0.1) is 0 Å². The monoisotopic (exact) mass is 280 g/mol. The Morgan fingerprint density at radius 3 is 2.65 bits per heavy atom. The van der Waals surface area contributed by atoms with Crippen molar-refractivity contribution in [3.63, 3.8) is 0 Å². The lowest BCUT2D eigenvalue weighted by atomic mass is 10.0. The molecule has 4 heteroatoms. The second-order valence-electron chi connectivity index (χ2n) is 4.48. The highest BCUT2D eigenvalue weighted by molar-refractivity contribution is 7.22. The highest BCUT2D eigenvalue weighted by atomic mass is 32.1. The average Bonchev–Trinajstić information content (AvgIpc) is 2.91. The summed E-state index contributed by atoms with van der Waals surface area (Å²) in [5.41, 5.74) is 8.57. The van der Waals surface area contributed by atoms with E-state index in [0.29, 0.717) is 16.8 Å². The largest absolute Gasteiger partial charge is 0.398 e. The SMILES string of the molecule is N=Cc1cc(C=O)cc(-c2cc3ccccc3s2)c1N. The first kappa shape index (κ1) is 12.6. The normalized spacial score (nSPS) is 10.6. The predicted octanol–water partition coefficient (Wildman–Crippen LogP) is 3.96. The maximum atomic E-state index is 11.0. The van der Waals surface area contributed by atoms with Crippen LogP contribution in [0.2, 0.25) is 0 Å². The van der Waals surface area contributed by atoms with Gasteiger partial charge in [0.1, 0.15) is 6.29 Å². The van der Waals surface area contributed by atoms with Crippen molar-refractivity contribution >= 4 is 39.6 Å². The first-order valence-corrected chi connectivity index (χ1v) is 6.92. The quantitative estimate of drug-likeness (QED) is 0.433. The van der Waals surface area contributed by atoms with E-state index in [1.807, 2.05) is 18.2 Å². The molecule has 20 heavy (non-hydrogen) atoms. The zero-order chi connectivity index (χ0) is 14.1. The Balaban J connectivity index is 2.27. The first-order valence-electron chi connectivity index (χ1n) is 6.11.